The third-order valence-electron chi connectivity index (χ3n) is 2.84. The van der Waals surface area contributed by atoms with Crippen LogP contribution in [0.5, 0.6) is 5.88 Å². The number of hydrazine groups is 1. The van der Waals surface area contributed by atoms with Gasteiger partial charge in [-0.15, -0.1) is 0 Å². The Bertz CT molecular complexity index is 631. The second-order valence-corrected chi connectivity index (χ2v) is 4.66. The second kappa shape index (κ2) is 6.92. The molecule has 1 amide bonds. The minimum Gasteiger partial charge on any atom is -0.481 e. The van der Waals surface area contributed by atoms with Crippen molar-refractivity contribution in [3.8, 4) is 5.88 Å². The van der Waals surface area contributed by atoms with Gasteiger partial charge in [-0.25, -0.2) is 4.98 Å². The number of amides is 1. The minimum absolute atomic E-state index is 0.277. The summed E-state index contributed by atoms with van der Waals surface area (Å²) in [6.07, 6.45) is 1.64. The number of carbonyl (C=O) groups is 1. The highest BCUT2D eigenvalue weighted by atomic mass is 35.5. The summed E-state index contributed by atoms with van der Waals surface area (Å²) in [5, 5.41) is 3.24. The fourth-order valence-electron chi connectivity index (χ4n) is 1.74. The number of pyridine rings is 1. The van der Waals surface area contributed by atoms with Gasteiger partial charge in [0.05, 0.1) is 18.4 Å². The first-order valence-corrected chi connectivity index (χ1v) is 6.55. The van der Waals surface area contributed by atoms with E-state index in [4.69, 9.17) is 22.2 Å². The van der Waals surface area contributed by atoms with E-state index in [1.165, 1.54) is 0 Å². The average Bonchev–Trinajstić information content (AvgIpc) is 2.53. The Hall–Kier alpha value is -2.31. The number of nitrogens with one attached hydrogen (secondary N) is 2. The van der Waals surface area contributed by atoms with Gasteiger partial charge in [0.2, 0.25) is 5.88 Å². The van der Waals surface area contributed by atoms with Gasteiger partial charge in [0.25, 0.3) is 5.91 Å². The summed E-state index contributed by atoms with van der Waals surface area (Å²) in [4.78, 5) is 16.2. The van der Waals surface area contributed by atoms with Crippen LogP contribution >= 0.6 is 11.6 Å². The van der Waals surface area contributed by atoms with Crippen molar-refractivity contribution in [3.63, 3.8) is 0 Å². The molecular formula is C14H15ClN4O2. The molecule has 0 aliphatic heterocycles. The van der Waals surface area contributed by atoms with Crippen molar-refractivity contribution < 1.29 is 9.53 Å². The molecule has 1 heterocycles. The maximum absolute atomic E-state index is 12.2. The fourth-order valence-corrected chi connectivity index (χ4v) is 1.92. The molecule has 0 unspecified atom stereocenters. The third-order valence-corrected chi connectivity index (χ3v) is 3.08. The topological polar surface area (TPSA) is 89.3 Å². The summed E-state index contributed by atoms with van der Waals surface area (Å²) in [6.45, 7) is 0.340. The van der Waals surface area contributed by atoms with Crippen molar-refractivity contribution in [1.82, 2.24) is 10.3 Å². The molecule has 0 spiro atoms. The highest BCUT2D eigenvalue weighted by Crippen LogP contribution is 2.19. The van der Waals surface area contributed by atoms with Crippen molar-refractivity contribution in [1.29, 1.82) is 0 Å². The molecule has 0 aliphatic rings. The number of carbonyl (C=O) groups excluding carboxylic acids is 1. The van der Waals surface area contributed by atoms with Crippen LogP contribution in [0.3, 0.4) is 0 Å². The standard InChI is InChI=1S/C14H15ClN4O2/c1-21-13-5-2-9(7-17-13)8-18-14(20)11-6-10(15)3-4-12(11)19-16/h2-7,19H,8,16H2,1H3,(H,18,20). The molecule has 0 radical (unpaired) electrons. The molecule has 21 heavy (non-hydrogen) atoms. The van der Waals surface area contributed by atoms with Gasteiger partial charge in [0.1, 0.15) is 0 Å². The number of methoxy groups -OCH3 is 1. The van der Waals surface area contributed by atoms with Crippen LogP contribution in [-0.4, -0.2) is 18.0 Å². The van der Waals surface area contributed by atoms with E-state index in [-0.39, 0.29) is 5.91 Å². The first kappa shape index (κ1) is 15.1. The number of nitrogens with two attached hydrogens (primary N) is 1. The number of hydrogen-bond donors (Lipinski definition) is 3. The molecular weight excluding hydrogens is 292 g/mol. The van der Waals surface area contributed by atoms with Gasteiger partial charge in [0.15, 0.2) is 0 Å². The van der Waals surface area contributed by atoms with Crippen LogP contribution in [0.15, 0.2) is 36.5 Å². The van der Waals surface area contributed by atoms with Crippen LogP contribution in [-0.2, 0) is 6.54 Å². The van der Waals surface area contributed by atoms with E-state index in [9.17, 15) is 4.79 Å². The molecule has 7 heteroatoms. The molecule has 2 aromatic rings. The second-order valence-electron chi connectivity index (χ2n) is 4.23. The summed E-state index contributed by atoms with van der Waals surface area (Å²) in [5.41, 5.74) is 4.21. The molecule has 0 bridgehead atoms. The number of aromatic nitrogens is 1. The number of halogens is 1. The number of benzene rings is 1. The van der Waals surface area contributed by atoms with Crippen molar-refractivity contribution in [3.05, 3.63) is 52.7 Å². The quantitative estimate of drug-likeness (QED) is 0.580. The Balaban J connectivity index is 2.05. The van der Waals surface area contributed by atoms with Gasteiger partial charge in [-0.1, -0.05) is 17.7 Å². The predicted molar refractivity (Wildman–Crippen MR) is 81.2 cm³/mol. The lowest BCUT2D eigenvalue weighted by atomic mass is 10.1. The number of nitrogen functional groups attached to an aromatic ring is 1. The number of nitrogens with zero attached hydrogens (tertiary/aromatic N) is 1. The summed E-state index contributed by atoms with van der Waals surface area (Å²) in [6, 6.07) is 8.41. The molecule has 6 nitrogen and oxygen atoms in total. The highest BCUT2D eigenvalue weighted by molar-refractivity contribution is 6.31. The van der Waals surface area contributed by atoms with Gasteiger partial charge in [-0.2, -0.15) is 0 Å². The van der Waals surface area contributed by atoms with Crippen LogP contribution in [0.25, 0.3) is 0 Å². The van der Waals surface area contributed by atoms with Crippen LogP contribution in [0, 0.1) is 0 Å². The first-order valence-electron chi connectivity index (χ1n) is 6.17. The Labute approximate surface area is 127 Å². The number of ether oxygens (including phenoxy) is 1. The molecule has 110 valence electrons. The van der Waals surface area contributed by atoms with Gasteiger partial charge in [-0.05, 0) is 23.8 Å². The molecule has 0 saturated heterocycles. The van der Waals surface area contributed by atoms with Gasteiger partial charge in [-0.3, -0.25) is 10.6 Å². The molecule has 1 aromatic heterocycles. The predicted octanol–water partition coefficient (Wildman–Crippen LogP) is 1.96. The minimum atomic E-state index is -0.277. The molecule has 0 aliphatic carbocycles. The number of anilines is 1. The van der Waals surface area contributed by atoms with E-state index >= 15 is 0 Å². The molecule has 0 fully saturated rings. The summed E-state index contributed by atoms with van der Waals surface area (Å²) < 4.78 is 4.97. The van der Waals surface area contributed by atoms with E-state index < -0.39 is 0 Å². The zero-order valence-electron chi connectivity index (χ0n) is 11.4. The SMILES string of the molecule is COc1ccc(CNC(=O)c2cc(Cl)ccc2NN)cn1. The van der Waals surface area contributed by atoms with E-state index in [0.29, 0.717) is 28.7 Å². The lowest BCUT2D eigenvalue weighted by Crippen LogP contribution is -2.24. The van der Waals surface area contributed by atoms with E-state index in [1.54, 1.807) is 37.6 Å². The average molecular weight is 307 g/mol. The lowest BCUT2D eigenvalue weighted by molar-refractivity contribution is 0.0951. The highest BCUT2D eigenvalue weighted by Gasteiger charge is 2.11. The fraction of sp³-hybridized carbons (Fsp3) is 0.143. The summed E-state index contributed by atoms with van der Waals surface area (Å²) >= 11 is 5.90. The molecule has 2 rings (SSSR count). The van der Waals surface area contributed by atoms with Crippen molar-refractivity contribution in [2.45, 2.75) is 6.54 Å². The molecule has 1 aromatic carbocycles. The molecule has 0 atom stereocenters. The first-order chi connectivity index (χ1) is 10.1. The summed E-state index contributed by atoms with van der Waals surface area (Å²) in [5.74, 6) is 5.63. The van der Waals surface area contributed by atoms with Crippen molar-refractivity contribution in [2.24, 2.45) is 5.84 Å². The Kier molecular flexibility index (Phi) is 4.97. The largest absolute Gasteiger partial charge is 0.481 e. The van der Waals surface area contributed by atoms with E-state index in [1.807, 2.05) is 6.07 Å². The van der Waals surface area contributed by atoms with Crippen LogP contribution in [0.2, 0.25) is 5.02 Å². The Morgan fingerprint density at radius 1 is 1.38 bits per heavy atom. The Morgan fingerprint density at radius 2 is 2.19 bits per heavy atom. The Morgan fingerprint density at radius 3 is 2.81 bits per heavy atom. The smallest absolute Gasteiger partial charge is 0.253 e. The zero-order valence-corrected chi connectivity index (χ0v) is 12.1. The number of hydrogen-bond acceptors (Lipinski definition) is 5. The van der Waals surface area contributed by atoms with Crippen LogP contribution in [0.4, 0.5) is 5.69 Å². The van der Waals surface area contributed by atoms with Crippen LogP contribution < -0.4 is 21.3 Å². The van der Waals surface area contributed by atoms with E-state index in [2.05, 4.69) is 15.7 Å². The lowest BCUT2D eigenvalue weighted by Gasteiger charge is -2.10. The zero-order chi connectivity index (χ0) is 15.2. The van der Waals surface area contributed by atoms with Gasteiger partial charge in [0, 0.05) is 23.8 Å². The van der Waals surface area contributed by atoms with E-state index in [0.717, 1.165) is 5.56 Å². The van der Waals surface area contributed by atoms with Crippen molar-refractivity contribution >= 4 is 23.2 Å². The maximum atomic E-state index is 12.2. The number of rotatable bonds is 5. The monoisotopic (exact) mass is 306 g/mol. The normalized spacial score (nSPS) is 10.0. The molecule has 0 saturated carbocycles. The van der Waals surface area contributed by atoms with Crippen molar-refractivity contribution in [2.75, 3.05) is 12.5 Å². The van der Waals surface area contributed by atoms with Gasteiger partial charge < -0.3 is 15.5 Å². The summed E-state index contributed by atoms with van der Waals surface area (Å²) in [7, 11) is 1.55. The molecule has 4 N–H and O–H groups in total. The van der Waals surface area contributed by atoms with Crippen LogP contribution in [0.1, 0.15) is 15.9 Å². The van der Waals surface area contributed by atoms with Gasteiger partial charge >= 0.3 is 0 Å². The maximum Gasteiger partial charge on any atom is 0.253 e. The third kappa shape index (κ3) is 3.84.